The minimum atomic E-state index is 0.705. The molecule has 158 valence electrons. The fourth-order valence-electron chi connectivity index (χ4n) is 3.81. The van der Waals surface area contributed by atoms with Gasteiger partial charge in [-0.25, -0.2) is 0 Å². The summed E-state index contributed by atoms with van der Waals surface area (Å²) in [4.78, 5) is 0. The van der Waals surface area contributed by atoms with E-state index in [0.717, 1.165) is 28.0 Å². The zero-order chi connectivity index (χ0) is 22.1. The Morgan fingerprint density at radius 1 is 0.812 bits per heavy atom. The van der Waals surface area contributed by atoms with E-state index in [1.807, 2.05) is 24.3 Å². The second-order valence-corrected chi connectivity index (χ2v) is 9.22. The van der Waals surface area contributed by atoms with Crippen molar-refractivity contribution >= 4 is 34.1 Å². The summed E-state index contributed by atoms with van der Waals surface area (Å²) < 4.78 is 2.14. The maximum atomic E-state index is 6.12. The number of benzene rings is 4. The largest absolute Gasteiger partial charge is 0.270 e. The number of thioether (sulfide) groups is 1. The molecular formula is C27H22ClN3S. The molecule has 0 aliphatic heterocycles. The average Bonchev–Trinajstić information content (AvgIpc) is 3.24. The van der Waals surface area contributed by atoms with Gasteiger partial charge in [0.05, 0.1) is 5.69 Å². The summed E-state index contributed by atoms with van der Waals surface area (Å²) in [6.45, 7) is 4.26. The molecule has 1 heterocycles. The molecule has 0 aliphatic carbocycles. The molecule has 32 heavy (non-hydrogen) atoms. The van der Waals surface area contributed by atoms with Gasteiger partial charge in [0, 0.05) is 16.3 Å². The SMILES string of the molecule is Cc1ccc(-n2c(SCc3cccc4ccccc34)nnc2-c2ccc(Cl)cc2)cc1C. The molecule has 0 aliphatic rings. The fourth-order valence-corrected chi connectivity index (χ4v) is 4.89. The predicted molar refractivity (Wildman–Crippen MR) is 135 cm³/mol. The Bertz CT molecular complexity index is 1400. The molecule has 1 aromatic heterocycles. The maximum absolute atomic E-state index is 6.12. The van der Waals surface area contributed by atoms with E-state index in [2.05, 4.69) is 89.3 Å². The van der Waals surface area contributed by atoms with Gasteiger partial charge in [0.1, 0.15) is 0 Å². The Morgan fingerprint density at radius 3 is 2.41 bits per heavy atom. The molecule has 5 aromatic rings. The van der Waals surface area contributed by atoms with Crippen LogP contribution in [0.2, 0.25) is 5.02 Å². The molecule has 0 bridgehead atoms. The second kappa shape index (κ2) is 8.81. The maximum Gasteiger partial charge on any atom is 0.196 e. The van der Waals surface area contributed by atoms with E-state index in [4.69, 9.17) is 11.6 Å². The molecule has 0 saturated carbocycles. The van der Waals surface area contributed by atoms with Crippen molar-refractivity contribution in [3.05, 3.63) is 107 Å². The van der Waals surface area contributed by atoms with Crippen molar-refractivity contribution in [2.75, 3.05) is 0 Å². The lowest BCUT2D eigenvalue weighted by Gasteiger charge is -2.13. The summed E-state index contributed by atoms with van der Waals surface area (Å²) >= 11 is 7.82. The normalized spacial score (nSPS) is 11.2. The van der Waals surface area contributed by atoms with Crippen LogP contribution in [0, 0.1) is 13.8 Å². The molecule has 5 rings (SSSR count). The van der Waals surface area contributed by atoms with Gasteiger partial charge in [-0.05, 0) is 77.7 Å². The first-order valence-corrected chi connectivity index (χ1v) is 11.8. The number of fused-ring (bicyclic) bond motifs is 1. The number of hydrogen-bond acceptors (Lipinski definition) is 3. The summed E-state index contributed by atoms with van der Waals surface area (Å²) in [5.74, 6) is 1.62. The summed E-state index contributed by atoms with van der Waals surface area (Å²) in [6, 6.07) is 29.2. The monoisotopic (exact) mass is 455 g/mol. The third-order valence-electron chi connectivity index (χ3n) is 5.72. The molecular weight excluding hydrogens is 434 g/mol. The number of rotatable bonds is 5. The molecule has 0 amide bonds. The molecule has 0 spiro atoms. The third kappa shape index (κ3) is 4.04. The summed E-state index contributed by atoms with van der Waals surface area (Å²) in [5.41, 5.74) is 5.83. The van der Waals surface area contributed by atoms with Gasteiger partial charge in [-0.15, -0.1) is 10.2 Å². The van der Waals surface area contributed by atoms with E-state index in [9.17, 15) is 0 Å². The first kappa shape index (κ1) is 20.8. The van der Waals surface area contributed by atoms with Crippen molar-refractivity contribution in [2.45, 2.75) is 24.8 Å². The van der Waals surface area contributed by atoms with Crippen molar-refractivity contribution in [1.82, 2.24) is 14.8 Å². The van der Waals surface area contributed by atoms with Gasteiger partial charge in [0.15, 0.2) is 11.0 Å². The minimum Gasteiger partial charge on any atom is -0.270 e. The van der Waals surface area contributed by atoms with Crippen molar-refractivity contribution in [3.63, 3.8) is 0 Å². The minimum absolute atomic E-state index is 0.705. The summed E-state index contributed by atoms with van der Waals surface area (Å²) in [7, 11) is 0. The number of hydrogen-bond donors (Lipinski definition) is 0. The van der Waals surface area contributed by atoms with E-state index in [0.29, 0.717) is 5.02 Å². The highest BCUT2D eigenvalue weighted by atomic mass is 35.5. The van der Waals surface area contributed by atoms with Crippen LogP contribution < -0.4 is 0 Å². The van der Waals surface area contributed by atoms with Crippen molar-refractivity contribution in [3.8, 4) is 17.1 Å². The van der Waals surface area contributed by atoms with Crippen molar-refractivity contribution in [1.29, 1.82) is 0 Å². The van der Waals surface area contributed by atoms with Gasteiger partial charge in [0.2, 0.25) is 0 Å². The lowest BCUT2D eigenvalue weighted by atomic mass is 10.1. The van der Waals surface area contributed by atoms with Crippen LogP contribution in [0.5, 0.6) is 0 Å². The highest BCUT2D eigenvalue weighted by Crippen LogP contribution is 2.32. The lowest BCUT2D eigenvalue weighted by molar-refractivity contribution is 0.884. The van der Waals surface area contributed by atoms with Crippen LogP contribution in [0.3, 0.4) is 0 Å². The Balaban J connectivity index is 1.57. The van der Waals surface area contributed by atoms with Gasteiger partial charge in [-0.2, -0.15) is 0 Å². The smallest absolute Gasteiger partial charge is 0.196 e. The zero-order valence-corrected chi connectivity index (χ0v) is 19.5. The summed E-state index contributed by atoms with van der Waals surface area (Å²) in [6.07, 6.45) is 0. The first-order chi connectivity index (χ1) is 15.6. The quantitative estimate of drug-likeness (QED) is 0.255. The van der Waals surface area contributed by atoms with Crippen LogP contribution in [0.4, 0.5) is 0 Å². The molecule has 0 fully saturated rings. The first-order valence-electron chi connectivity index (χ1n) is 10.5. The third-order valence-corrected chi connectivity index (χ3v) is 6.95. The lowest BCUT2D eigenvalue weighted by Crippen LogP contribution is -2.01. The van der Waals surface area contributed by atoms with Gasteiger partial charge >= 0.3 is 0 Å². The Kier molecular flexibility index (Phi) is 5.73. The van der Waals surface area contributed by atoms with Gasteiger partial charge < -0.3 is 0 Å². The Hall–Kier alpha value is -3.08. The van der Waals surface area contributed by atoms with E-state index in [1.54, 1.807) is 11.8 Å². The average molecular weight is 456 g/mol. The van der Waals surface area contributed by atoms with E-state index < -0.39 is 0 Å². The van der Waals surface area contributed by atoms with Crippen molar-refractivity contribution in [2.24, 2.45) is 0 Å². The highest BCUT2D eigenvalue weighted by Gasteiger charge is 2.17. The Labute approximate surface area is 197 Å². The topological polar surface area (TPSA) is 30.7 Å². The van der Waals surface area contributed by atoms with Crippen LogP contribution in [0.15, 0.2) is 90.1 Å². The van der Waals surface area contributed by atoms with Crippen LogP contribution >= 0.6 is 23.4 Å². The molecule has 3 nitrogen and oxygen atoms in total. The molecule has 0 atom stereocenters. The van der Waals surface area contributed by atoms with E-state index >= 15 is 0 Å². The van der Waals surface area contributed by atoms with Crippen LogP contribution in [-0.2, 0) is 5.75 Å². The summed E-state index contributed by atoms with van der Waals surface area (Å²) in [5, 5.41) is 13.3. The van der Waals surface area contributed by atoms with Gasteiger partial charge in [-0.1, -0.05) is 71.9 Å². The fraction of sp³-hybridized carbons (Fsp3) is 0.111. The Morgan fingerprint density at radius 2 is 1.59 bits per heavy atom. The standard InChI is InChI=1S/C27H22ClN3S/c1-18-10-15-24(16-19(18)2)31-26(21-11-13-23(28)14-12-21)29-30-27(31)32-17-22-8-5-7-20-6-3-4-9-25(20)22/h3-16H,17H2,1-2H3. The zero-order valence-electron chi connectivity index (χ0n) is 17.9. The number of aryl methyl sites for hydroxylation is 2. The number of aromatic nitrogens is 3. The highest BCUT2D eigenvalue weighted by molar-refractivity contribution is 7.98. The van der Waals surface area contributed by atoms with Crippen LogP contribution in [0.1, 0.15) is 16.7 Å². The molecule has 4 aromatic carbocycles. The van der Waals surface area contributed by atoms with Gasteiger partial charge in [-0.3, -0.25) is 4.57 Å². The van der Waals surface area contributed by atoms with E-state index in [-0.39, 0.29) is 0 Å². The number of nitrogens with zero attached hydrogens (tertiary/aromatic N) is 3. The molecule has 0 unspecified atom stereocenters. The molecule has 0 N–H and O–H groups in total. The predicted octanol–water partition coefficient (Wildman–Crippen LogP) is 7.65. The molecule has 0 radical (unpaired) electrons. The van der Waals surface area contributed by atoms with Crippen molar-refractivity contribution < 1.29 is 0 Å². The van der Waals surface area contributed by atoms with E-state index in [1.165, 1.54) is 27.5 Å². The van der Waals surface area contributed by atoms with Gasteiger partial charge in [0.25, 0.3) is 0 Å². The van der Waals surface area contributed by atoms with Crippen LogP contribution in [-0.4, -0.2) is 14.8 Å². The molecule has 0 saturated heterocycles. The second-order valence-electron chi connectivity index (χ2n) is 7.84. The number of halogens is 1. The van der Waals surface area contributed by atoms with Crippen LogP contribution in [0.25, 0.3) is 27.8 Å². The molecule has 5 heteroatoms.